The van der Waals surface area contributed by atoms with Gasteiger partial charge in [-0.2, -0.15) is 27.1 Å². The number of benzene rings is 2. The molecule has 1 unspecified atom stereocenters. The van der Waals surface area contributed by atoms with Crippen LogP contribution in [-0.2, 0) is 36.9 Å². The summed E-state index contributed by atoms with van der Waals surface area (Å²) in [7, 11) is 1.51. The Kier molecular flexibility index (Phi) is 8.36. The lowest BCUT2D eigenvalue weighted by Crippen LogP contribution is -2.34. The second-order valence-corrected chi connectivity index (χ2v) is 13.9. The Morgan fingerprint density at radius 3 is 2.43 bits per heavy atom. The molecule has 0 bridgehead atoms. The van der Waals surface area contributed by atoms with Gasteiger partial charge in [-0.1, -0.05) is 5.92 Å². The highest BCUT2D eigenvalue weighted by Gasteiger charge is 2.67. The summed E-state index contributed by atoms with van der Waals surface area (Å²) in [6.07, 6.45) is -4.92. The molecule has 0 radical (unpaired) electrons. The van der Waals surface area contributed by atoms with Crippen LogP contribution in [0, 0.1) is 35.2 Å². The Balaban J connectivity index is 1.37. The fourth-order valence-corrected chi connectivity index (χ4v) is 7.21. The van der Waals surface area contributed by atoms with E-state index in [4.69, 9.17) is 5.73 Å². The van der Waals surface area contributed by atoms with Gasteiger partial charge in [-0.15, -0.1) is 0 Å². The number of fused-ring (bicyclic) bond motifs is 4. The summed E-state index contributed by atoms with van der Waals surface area (Å²) < 4.78 is 119. The summed E-state index contributed by atoms with van der Waals surface area (Å²) in [4.78, 5) is 18.4. The zero-order valence-corrected chi connectivity index (χ0v) is 28.2. The predicted octanol–water partition coefficient (Wildman–Crippen LogP) is 6.89. The second-order valence-electron chi connectivity index (χ2n) is 13.9. The maximum absolute atomic E-state index is 15.3. The van der Waals surface area contributed by atoms with Gasteiger partial charge >= 0.3 is 6.18 Å². The Morgan fingerprint density at radius 1 is 1.09 bits per heavy atom. The number of aliphatic hydroxyl groups is 1. The van der Waals surface area contributed by atoms with Gasteiger partial charge in [-0.3, -0.25) is 9.48 Å². The molecule has 53 heavy (non-hydrogen) atoms. The Morgan fingerprint density at radius 2 is 1.77 bits per heavy atom. The van der Waals surface area contributed by atoms with Crippen LogP contribution in [0.1, 0.15) is 66.0 Å². The number of carbonyl (C=O) groups is 1. The number of halogens is 8. The number of aryl methyl sites for hydroxylation is 1. The molecule has 1 amide bonds. The van der Waals surface area contributed by atoms with Crippen molar-refractivity contribution >= 4 is 22.6 Å². The van der Waals surface area contributed by atoms with Crippen molar-refractivity contribution < 1.29 is 45.0 Å². The highest BCUT2D eigenvalue weighted by Crippen LogP contribution is 2.69. The van der Waals surface area contributed by atoms with E-state index in [1.54, 1.807) is 0 Å². The van der Waals surface area contributed by atoms with Crippen LogP contribution in [0.2, 0.25) is 0 Å². The number of nitrogens with zero attached hydrogens (tertiary/aromatic N) is 4. The third kappa shape index (κ3) is 6.58. The van der Waals surface area contributed by atoms with Crippen LogP contribution >= 0.6 is 0 Å². The minimum atomic E-state index is -4.96. The van der Waals surface area contributed by atoms with Crippen molar-refractivity contribution in [3.63, 3.8) is 0 Å². The van der Waals surface area contributed by atoms with Gasteiger partial charge in [0.15, 0.2) is 5.82 Å². The van der Waals surface area contributed by atoms with E-state index in [0.29, 0.717) is 22.4 Å². The van der Waals surface area contributed by atoms with Crippen LogP contribution in [0.25, 0.3) is 22.0 Å². The molecule has 1 saturated carbocycles. The van der Waals surface area contributed by atoms with E-state index in [1.165, 1.54) is 43.8 Å². The van der Waals surface area contributed by atoms with Gasteiger partial charge in [-0.05, 0) is 86.1 Å². The van der Waals surface area contributed by atoms with Gasteiger partial charge in [0.2, 0.25) is 5.91 Å². The minimum Gasteiger partial charge on any atom is -0.382 e. The van der Waals surface area contributed by atoms with Crippen LogP contribution in [0.3, 0.4) is 0 Å². The molecule has 16 heteroatoms. The molecule has 0 spiro atoms. The number of pyridine rings is 1. The lowest BCUT2D eigenvalue weighted by atomic mass is 9.93. The number of alkyl halides is 5. The van der Waals surface area contributed by atoms with E-state index >= 15 is 13.2 Å². The van der Waals surface area contributed by atoms with E-state index in [-0.39, 0.29) is 52.1 Å². The molecule has 4 N–H and O–H groups in total. The van der Waals surface area contributed by atoms with Gasteiger partial charge in [-0.25, -0.2) is 18.2 Å². The van der Waals surface area contributed by atoms with Crippen molar-refractivity contribution in [2.75, 3.05) is 5.73 Å². The molecule has 8 nitrogen and oxygen atoms in total. The van der Waals surface area contributed by atoms with E-state index in [0.717, 1.165) is 18.2 Å². The van der Waals surface area contributed by atoms with E-state index < -0.39 is 82.3 Å². The van der Waals surface area contributed by atoms with Gasteiger partial charge < -0.3 is 20.7 Å². The number of nitrogens with one attached hydrogen (secondary N) is 1. The van der Waals surface area contributed by atoms with Crippen LogP contribution in [0.4, 0.5) is 40.9 Å². The largest absolute Gasteiger partial charge is 0.418 e. The Bertz CT molecular complexity index is 2360. The van der Waals surface area contributed by atoms with Gasteiger partial charge in [0.1, 0.15) is 35.3 Å². The number of nitrogen functional groups attached to an aromatic ring is 1. The zero-order valence-electron chi connectivity index (χ0n) is 28.2. The molecule has 2 aliphatic carbocycles. The Labute approximate surface area is 296 Å². The highest BCUT2D eigenvalue weighted by atomic mass is 19.4. The smallest absolute Gasteiger partial charge is 0.382 e. The molecule has 276 valence electrons. The van der Waals surface area contributed by atoms with Crippen molar-refractivity contribution in [2.45, 2.75) is 62.9 Å². The lowest BCUT2D eigenvalue weighted by molar-refractivity contribution is -0.138. The summed E-state index contributed by atoms with van der Waals surface area (Å²) in [5, 5.41) is 17.0. The molecular weight excluding hydrogens is 712 g/mol. The molecule has 3 aromatic heterocycles. The standard InChI is InChI=1S/C37H30F8N6O2/c1-35(2,53)9-8-20-4-5-21(22-6-7-26(40)30-32(22)50(3)49-34(30)46)31(47-20)27(12-17-10-18(38)13-19(39)11-17)48-28(52)16-51-15-25(37(43,44)45)29-23-14-24(23)36(41,42)33(29)51/h4-7,10-11,13,15,23-24,27,53H,12,14,16H2,1-3H3,(H2,46,49)(H,48,52)/t23-,24+,27?/m0/s1. The number of aromatic nitrogens is 4. The van der Waals surface area contributed by atoms with Crippen LogP contribution in [0.15, 0.2) is 48.7 Å². The zero-order chi connectivity index (χ0) is 38.4. The number of amides is 1. The van der Waals surface area contributed by atoms with Crippen molar-refractivity contribution in [2.24, 2.45) is 13.0 Å². The number of hydrogen-bond acceptors (Lipinski definition) is 5. The maximum Gasteiger partial charge on any atom is 0.418 e. The Hall–Kier alpha value is -5.43. The number of nitrogens with two attached hydrogens (primary N) is 1. The number of carbonyl (C=O) groups excluding carboxylic acids is 1. The van der Waals surface area contributed by atoms with Gasteiger partial charge in [0.05, 0.1) is 33.9 Å². The van der Waals surface area contributed by atoms with Crippen LogP contribution < -0.4 is 11.1 Å². The summed E-state index contributed by atoms with van der Waals surface area (Å²) in [5.41, 5.74) is 2.75. The summed E-state index contributed by atoms with van der Waals surface area (Å²) in [5.74, 6) is -4.29. The van der Waals surface area contributed by atoms with E-state index in [2.05, 4.69) is 27.2 Å². The molecule has 5 aromatic rings. The topological polar surface area (TPSA) is 111 Å². The molecule has 1 fully saturated rings. The van der Waals surface area contributed by atoms with E-state index in [9.17, 15) is 31.9 Å². The number of rotatable bonds is 7. The fraction of sp³-hybridized carbons (Fsp3) is 0.324. The monoisotopic (exact) mass is 742 g/mol. The van der Waals surface area contributed by atoms with Gasteiger partial charge in [0.25, 0.3) is 5.92 Å². The average Bonchev–Trinajstić information content (AvgIpc) is 3.59. The average molecular weight is 743 g/mol. The maximum atomic E-state index is 15.3. The molecule has 3 atom stereocenters. The van der Waals surface area contributed by atoms with Crippen LogP contribution in [-0.4, -0.2) is 35.9 Å². The lowest BCUT2D eigenvalue weighted by Gasteiger charge is -2.23. The predicted molar refractivity (Wildman–Crippen MR) is 177 cm³/mol. The van der Waals surface area contributed by atoms with Crippen molar-refractivity contribution in [3.05, 3.63) is 99.9 Å². The quantitative estimate of drug-likeness (QED) is 0.124. The first-order valence-electron chi connectivity index (χ1n) is 16.3. The number of hydrogen-bond donors (Lipinski definition) is 3. The molecule has 0 saturated heterocycles. The summed E-state index contributed by atoms with van der Waals surface area (Å²) in [6, 6.07) is 6.82. The van der Waals surface area contributed by atoms with E-state index in [1.807, 2.05) is 0 Å². The third-order valence-electron chi connectivity index (χ3n) is 9.38. The number of anilines is 1. The van der Waals surface area contributed by atoms with Crippen molar-refractivity contribution in [1.29, 1.82) is 0 Å². The summed E-state index contributed by atoms with van der Waals surface area (Å²) in [6.45, 7) is 1.89. The first-order chi connectivity index (χ1) is 24.7. The molecule has 2 aliphatic rings. The molecule has 0 aliphatic heterocycles. The SMILES string of the molecule is Cn1nc(N)c2c(F)ccc(-c3ccc(C#CC(C)(C)O)nc3C(Cc3cc(F)cc(F)c3)NC(=O)Cn3cc(C(F)(F)F)c4c3C(F)(F)[C@@H]3C[C@H]43)c21. The first-order valence-corrected chi connectivity index (χ1v) is 16.3. The molecule has 2 aromatic carbocycles. The van der Waals surface area contributed by atoms with Crippen molar-refractivity contribution in [1.82, 2.24) is 24.6 Å². The molecule has 3 heterocycles. The normalized spacial score (nSPS) is 18.0. The molecule has 7 rings (SSSR count). The van der Waals surface area contributed by atoms with Gasteiger partial charge in [0, 0.05) is 36.4 Å². The first kappa shape index (κ1) is 36.0. The van der Waals surface area contributed by atoms with Crippen LogP contribution in [0.5, 0.6) is 0 Å². The minimum absolute atomic E-state index is 0.00136. The third-order valence-corrected chi connectivity index (χ3v) is 9.38. The molecular formula is C37H30F8N6O2. The fourth-order valence-electron chi connectivity index (χ4n) is 7.21. The summed E-state index contributed by atoms with van der Waals surface area (Å²) >= 11 is 0. The highest BCUT2D eigenvalue weighted by molar-refractivity contribution is 6.00. The second kappa shape index (κ2) is 12.3. The van der Waals surface area contributed by atoms with Crippen molar-refractivity contribution in [3.8, 4) is 23.0 Å².